The number of carbonyl (C=O) groups is 1. The van der Waals surface area contributed by atoms with Gasteiger partial charge in [-0.2, -0.15) is 5.10 Å². The fraction of sp³-hybridized carbons (Fsp3) is 0.778. The summed E-state index contributed by atoms with van der Waals surface area (Å²) < 4.78 is 0. The fourth-order valence-corrected chi connectivity index (χ4v) is 4.31. The van der Waals surface area contributed by atoms with Crippen molar-refractivity contribution < 1.29 is 4.79 Å². The molecule has 5 heteroatoms. The molecule has 2 aliphatic rings. The Labute approximate surface area is 139 Å². The number of aromatic nitrogens is 2. The average molecular weight is 318 g/mol. The normalized spacial score (nSPS) is 25.3. The number of hydrogen-bond donors (Lipinski definition) is 1. The number of carbonyl (C=O) groups excluding carboxylic acids is 1. The zero-order chi connectivity index (χ0) is 16.6. The second-order valence-corrected chi connectivity index (χ2v) is 7.80. The van der Waals surface area contributed by atoms with Crippen LogP contribution >= 0.6 is 0 Å². The number of piperidine rings is 1. The maximum atomic E-state index is 12.9. The first-order valence-electron chi connectivity index (χ1n) is 8.97. The summed E-state index contributed by atoms with van der Waals surface area (Å²) in [6.45, 7) is 11.6. The second kappa shape index (κ2) is 6.27. The highest BCUT2D eigenvalue weighted by Crippen LogP contribution is 2.36. The molecule has 23 heavy (non-hydrogen) atoms. The Balaban J connectivity index is 1.65. The lowest BCUT2D eigenvalue weighted by Gasteiger charge is -2.41. The van der Waals surface area contributed by atoms with Crippen LogP contribution < -0.4 is 0 Å². The van der Waals surface area contributed by atoms with Gasteiger partial charge < -0.3 is 4.90 Å². The third kappa shape index (κ3) is 3.03. The van der Waals surface area contributed by atoms with Gasteiger partial charge in [0.1, 0.15) is 0 Å². The van der Waals surface area contributed by atoms with Crippen molar-refractivity contribution in [2.75, 3.05) is 19.6 Å². The van der Waals surface area contributed by atoms with Crippen molar-refractivity contribution in [2.24, 2.45) is 0 Å². The standard InChI is InChI=1S/C18H30N4O/c1-13(2)22-9-5-6-15(22)17(23)21-10-7-18(4,8-11-21)16-14(3)12-19-20-16/h12-13,15H,5-11H2,1-4H3,(H,19,20)/t15-/m0/s1. The first-order valence-corrected chi connectivity index (χ1v) is 8.97. The number of likely N-dealkylation sites (tertiary alicyclic amines) is 2. The third-order valence-electron chi connectivity index (χ3n) is 5.85. The van der Waals surface area contributed by atoms with Crippen molar-refractivity contribution in [1.29, 1.82) is 0 Å². The molecule has 128 valence electrons. The van der Waals surface area contributed by atoms with Gasteiger partial charge in [-0.1, -0.05) is 6.92 Å². The molecular weight excluding hydrogens is 288 g/mol. The van der Waals surface area contributed by atoms with E-state index in [9.17, 15) is 4.79 Å². The quantitative estimate of drug-likeness (QED) is 0.931. The minimum absolute atomic E-state index is 0.105. The molecule has 1 aromatic rings. The number of H-pyrrole nitrogens is 1. The first-order chi connectivity index (χ1) is 10.9. The van der Waals surface area contributed by atoms with Crippen LogP contribution in [0, 0.1) is 6.92 Å². The van der Waals surface area contributed by atoms with Crippen LogP contribution in [0.15, 0.2) is 6.20 Å². The van der Waals surface area contributed by atoms with E-state index in [2.05, 4.69) is 47.7 Å². The number of hydrogen-bond acceptors (Lipinski definition) is 3. The average Bonchev–Trinajstić information content (AvgIpc) is 3.16. The van der Waals surface area contributed by atoms with Gasteiger partial charge in [0.05, 0.1) is 12.2 Å². The number of rotatable bonds is 3. The summed E-state index contributed by atoms with van der Waals surface area (Å²) >= 11 is 0. The SMILES string of the molecule is Cc1cn[nH]c1C1(C)CCN(C(=O)[C@@H]2CCCN2C(C)C)CC1. The van der Waals surface area contributed by atoms with Crippen molar-refractivity contribution in [3.63, 3.8) is 0 Å². The summed E-state index contributed by atoms with van der Waals surface area (Å²) in [4.78, 5) is 17.4. The molecular formula is C18H30N4O. The van der Waals surface area contributed by atoms with E-state index in [1.807, 2.05) is 6.20 Å². The van der Waals surface area contributed by atoms with E-state index in [1.54, 1.807) is 0 Å². The minimum atomic E-state index is 0.105. The predicted octanol–water partition coefficient (Wildman–Crippen LogP) is 2.47. The Kier molecular flexibility index (Phi) is 4.50. The Morgan fingerprint density at radius 2 is 2.04 bits per heavy atom. The molecule has 2 saturated heterocycles. The van der Waals surface area contributed by atoms with E-state index in [4.69, 9.17) is 0 Å². The number of aromatic amines is 1. The van der Waals surface area contributed by atoms with Crippen LogP contribution in [0.25, 0.3) is 0 Å². The van der Waals surface area contributed by atoms with Gasteiger partial charge in [0.2, 0.25) is 5.91 Å². The van der Waals surface area contributed by atoms with Crippen LogP contribution in [0.1, 0.15) is 57.7 Å². The summed E-state index contributed by atoms with van der Waals surface area (Å²) in [6, 6.07) is 0.558. The molecule has 0 aromatic carbocycles. The van der Waals surface area contributed by atoms with Crippen LogP contribution in [0.4, 0.5) is 0 Å². The summed E-state index contributed by atoms with van der Waals surface area (Å²) in [6.07, 6.45) is 6.08. The molecule has 2 aliphatic heterocycles. The van der Waals surface area contributed by atoms with Crippen LogP contribution in [-0.2, 0) is 10.2 Å². The van der Waals surface area contributed by atoms with Gasteiger partial charge in [0.25, 0.3) is 0 Å². The molecule has 0 radical (unpaired) electrons. The van der Waals surface area contributed by atoms with Crippen LogP contribution in [0.5, 0.6) is 0 Å². The number of amides is 1. The van der Waals surface area contributed by atoms with Crippen LogP contribution in [0.2, 0.25) is 0 Å². The monoisotopic (exact) mass is 318 g/mol. The molecule has 2 fully saturated rings. The first kappa shape index (κ1) is 16.5. The van der Waals surface area contributed by atoms with Gasteiger partial charge in [-0.25, -0.2) is 0 Å². The molecule has 1 amide bonds. The fourth-order valence-electron chi connectivity index (χ4n) is 4.31. The maximum absolute atomic E-state index is 12.9. The van der Waals surface area contributed by atoms with Crippen LogP contribution in [0.3, 0.4) is 0 Å². The summed E-state index contributed by atoms with van der Waals surface area (Å²) in [5.74, 6) is 0.347. The van der Waals surface area contributed by atoms with Gasteiger partial charge in [-0.05, 0) is 58.6 Å². The van der Waals surface area contributed by atoms with Crippen molar-refractivity contribution in [1.82, 2.24) is 20.0 Å². The van der Waals surface area contributed by atoms with E-state index < -0.39 is 0 Å². The van der Waals surface area contributed by atoms with Gasteiger partial charge >= 0.3 is 0 Å². The van der Waals surface area contributed by atoms with Crippen molar-refractivity contribution in [3.05, 3.63) is 17.5 Å². The van der Waals surface area contributed by atoms with Gasteiger partial charge in [0, 0.05) is 30.2 Å². The van der Waals surface area contributed by atoms with E-state index in [1.165, 1.54) is 11.3 Å². The molecule has 0 spiro atoms. The highest BCUT2D eigenvalue weighted by atomic mass is 16.2. The Morgan fingerprint density at radius 3 is 2.61 bits per heavy atom. The smallest absolute Gasteiger partial charge is 0.239 e. The van der Waals surface area contributed by atoms with Crippen molar-refractivity contribution in [2.45, 2.75) is 70.9 Å². The predicted molar refractivity (Wildman–Crippen MR) is 91.4 cm³/mol. The summed E-state index contributed by atoms with van der Waals surface area (Å²) in [5.41, 5.74) is 2.59. The molecule has 3 rings (SSSR count). The number of aryl methyl sites for hydroxylation is 1. The molecule has 5 nitrogen and oxygen atoms in total. The molecule has 1 atom stereocenters. The second-order valence-electron chi connectivity index (χ2n) is 7.80. The molecule has 0 unspecified atom stereocenters. The topological polar surface area (TPSA) is 52.2 Å². The highest BCUT2D eigenvalue weighted by Gasteiger charge is 2.39. The molecule has 0 saturated carbocycles. The van der Waals surface area contributed by atoms with Gasteiger partial charge in [-0.3, -0.25) is 14.8 Å². The van der Waals surface area contributed by atoms with E-state index >= 15 is 0 Å². The van der Waals surface area contributed by atoms with Gasteiger partial charge in [-0.15, -0.1) is 0 Å². The zero-order valence-electron chi connectivity index (χ0n) is 14.9. The zero-order valence-corrected chi connectivity index (χ0v) is 14.9. The lowest BCUT2D eigenvalue weighted by atomic mass is 9.76. The van der Waals surface area contributed by atoms with Crippen molar-refractivity contribution in [3.8, 4) is 0 Å². The van der Waals surface area contributed by atoms with Crippen molar-refractivity contribution >= 4 is 5.91 Å². The Morgan fingerprint density at radius 1 is 1.35 bits per heavy atom. The lowest BCUT2D eigenvalue weighted by molar-refractivity contribution is -0.138. The third-order valence-corrected chi connectivity index (χ3v) is 5.85. The lowest BCUT2D eigenvalue weighted by Crippen LogP contribution is -2.52. The summed E-state index contributed by atoms with van der Waals surface area (Å²) in [5, 5.41) is 7.35. The maximum Gasteiger partial charge on any atom is 0.239 e. The van der Waals surface area contributed by atoms with E-state index in [0.717, 1.165) is 45.3 Å². The highest BCUT2D eigenvalue weighted by molar-refractivity contribution is 5.82. The Bertz CT molecular complexity index is 557. The molecule has 0 bridgehead atoms. The molecule has 1 aromatic heterocycles. The largest absolute Gasteiger partial charge is 0.341 e. The number of nitrogens with one attached hydrogen (secondary N) is 1. The van der Waals surface area contributed by atoms with Crippen LogP contribution in [-0.4, -0.2) is 57.6 Å². The Hall–Kier alpha value is -1.36. The van der Waals surface area contributed by atoms with Gasteiger partial charge in [0.15, 0.2) is 0 Å². The molecule has 3 heterocycles. The van der Waals surface area contributed by atoms with E-state index in [0.29, 0.717) is 11.9 Å². The van der Waals surface area contributed by atoms with E-state index in [-0.39, 0.29) is 11.5 Å². The summed E-state index contributed by atoms with van der Waals surface area (Å²) in [7, 11) is 0. The number of nitrogens with zero attached hydrogens (tertiary/aromatic N) is 3. The molecule has 1 N–H and O–H groups in total. The molecule has 0 aliphatic carbocycles. The minimum Gasteiger partial charge on any atom is -0.341 e.